The van der Waals surface area contributed by atoms with E-state index in [4.69, 9.17) is 5.84 Å². The van der Waals surface area contributed by atoms with Crippen molar-refractivity contribution >= 4 is 5.91 Å². The Kier molecular flexibility index (Phi) is 1.66. The van der Waals surface area contributed by atoms with Crippen molar-refractivity contribution in [1.82, 2.24) is 10.9 Å². The van der Waals surface area contributed by atoms with Crippen LogP contribution in [0.2, 0.25) is 0 Å². The van der Waals surface area contributed by atoms with Gasteiger partial charge >= 0.3 is 5.91 Å². The largest absolute Gasteiger partial charge is 0.403 e. The number of carbonyl (C=O) groups is 1. The molecule has 0 saturated carbocycles. The van der Waals surface area contributed by atoms with Crippen molar-refractivity contribution in [2.45, 2.75) is 0 Å². The first-order valence-electron chi connectivity index (χ1n) is 2.45. The van der Waals surface area contributed by atoms with Gasteiger partial charge in [0.1, 0.15) is 0 Å². The van der Waals surface area contributed by atoms with Gasteiger partial charge < -0.3 is 4.84 Å². The molecule has 1 amide bonds. The van der Waals surface area contributed by atoms with E-state index in [1.807, 2.05) is 5.43 Å². The highest BCUT2D eigenvalue weighted by Gasteiger charge is 2.12. The summed E-state index contributed by atoms with van der Waals surface area (Å²) in [4.78, 5) is 15.2. The molecule has 1 aliphatic heterocycles. The van der Waals surface area contributed by atoms with Crippen LogP contribution in [-0.4, -0.2) is 12.5 Å². The summed E-state index contributed by atoms with van der Waals surface area (Å²) in [6, 6.07) is 0. The van der Waals surface area contributed by atoms with Crippen LogP contribution >= 0.6 is 0 Å². The van der Waals surface area contributed by atoms with Crippen molar-refractivity contribution in [2.75, 3.05) is 6.54 Å². The number of carbonyl (C=O) groups excluding carboxylic acids is 1. The first-order chi connectivity index (χ1) is 4.34. The maximum Gasteiger partial charge on any atom is 0.302 e. The van der Waals surface area contributed by atoms with E-state index in [1.165, 1.54) is 0 Å². The fraction of sp³-hybridized carbons (Fsp3) is 0.250. The number of rotatable bonds is 1. The molecule has 5 nitrogen and oxygen atoms in total. The Bertz CT molecular complexity index is 154. The average molecular weight is 129 g/mol. The molecule has 50 valence electrons. The van der Waals surface area contributed by atoms with Gasteiger partial charge in [-0.2, -0.15) is 5.48 Å². The Morgan fingerprint density at radius 2 is 2.78 bits per heavy atom. The molecule has 0 aromatic rings. The molecular formula is C4H7N3O2. The normalized spacial score (nSPS) is 16.3. The second-order valence-corrected chi connectivity index (χ2v) is 1.49. The standard InChI is InChI=1S/C4H7N3O2/c5-7-4(8)3-1-2-6-9-3/h1,6H,2,5H2,(H,7,8). The van der Waals surface area contributed by atoms with Crippen LogP contribution in [0.5, 0.6) is 0 Å². The second kappa shape index (κ2) is 2.47. The molecule has 4 N–H and O–H groups in total. The zero-order valence-electron chi connectivity index (χ0n) is 4.68. The summed E-state index contributed by atoms with van der Waals surface area (Å²) in [7, 11) is 0. The number of hydrogen-bond donors (Lipinski definition) is 3. The first kappa shape index (κ1) is 6.06. The summed E-state index contributed by atoms with van der Waals surface area (Å²) in [5.74, 6) is 4.61. The molecule has 0 atom stereocenters. The van der Waals surface area contributed by atoms with E-state index in [1.54, 1.807) is 6.08 Å². The third kappa shape index (κ3) is 1.18. The Morgan fingerprint density at radius 1 is 2.00 bits per heavy atom. The van der Waals surface area contributed by atoms with Gasteiger partial charge in [-0.3, -0.25) is 10.2 Å². The van der Waals surface area contributed by atoms with Crippen molar-refractivity contribution < 1.29 is 9.63 Å². The number of hydroxylamine groups is 1. The highest BCUT2D eigenvalue weighted by Crippen LogP contribution is 1.98. The van der Waals surface area contributed by atoms with Crippen LogP contribution in [0.3, 0.4) is 0 Å². The molecular weight excluding hydrogens is 122 g/mol. The van der Waals surface area contributed by atoms with E-state index >= 15 is 0 Å². The zero-order valence-corrected chi connectivity index (χ0v) is 4.68. The number of nitrogens with one attached hydrogen (secondary N) is 2. The summed E-state index contributed by atoms with van der Waals surface area (Å²) < 4.78 is 0. The van der Waals surface area contributed by atoms with Crippen LogP contribution in [0, 0.1) is 0 Å². The molecule has 0 aromatic heterocycles. The van der Waals surface area contributed by atoms with Gasteiger partial charge in [0.15, 0.2) is 0 Å². The highest BCUT2D eigenvalue weighted by atomic mass is 16.7. The molecule has 0 aromatic carbocycles. The third-order valence-corrected chi connectivity index (χ3v) is 0.908. The average Bonchev–Trinajstić information content (AvgIpc) is 2.37. The third-order valence-electron chi connectivity index (χ3n) is 0.908. The van der Waals surface area contributed by atoms with Gasteiger partial charge in [0.05, 0.1) is 6.54 Å². The van der Waals surface area contributed by atoms with Crippen molar-refractivity contribution in [1.29, 1.82) is 0 Å². The molecule has 5 heteroatoms. The van der Waals surface area contributed by atoms with Crippen molar-refractivity contribution in [3.05, 3.63) is 11.8 Å². The van der Waals surface area contributed by atoms with Gasteiger partial charge in [-0.15, -0.1) is 0 Å². The van der Waals surface area contributed by atoms with E-state index in [2.05, 4.69) is 10.3 Å². The lowest BCUT2D eigenvalue weighted by molar-refractivity contribution is -0.121. The molecule has 1 heterocycles. The summed E-state index contributed by atoms with van der Waals surface area (Å²) in [5.41, 5.74) is 4.41. The van der Waals surface area contributed by atoms with E-state index in [-0.39, 0.29) is 5.76 Å². The van der Waals surface area contributed by atoms with Gasteiger partial charge in [0, 0.05) is 0 Å². The lowest BCUT2D eigenvalue weighted by Gasteiger charge is -1.98. The minimum absolute atomic E-state index is 0.220. The van der Waals surface area contributed by atoms with Crippen LogP contribution in [0.1, 0.15) is 0 Å². The smallest absolute Gasteiger partial charge is 0.302 e. The number of hydrogen-bond acceptors (Lipinski definition) is 4. The van der Waals surface area contributed by atoms with Crippen molar-refractivity contribution in [3.63, 3.8) is 0 Å². The Morgan fingerprint density at radius 3 is 3.22 bits per heavy atom. The number of nitrogens with two attached hydrogens (primary N) is 1. The topological polar surface area (TPSA) is 76.4 Å². The Balaban J connectivity index is 2.51. The fourth-order valence-electron chi connectivity index (χ4n) is 0.506. The molecule has 1 aliphatic rings. The molecule has 0 aliphatic carbocycles. The predicted octanol–water partition coefficient (Wildman–Crippen LogP) is -1.60. The fourth-order valence-corrected chi connectivity index (χ4v) is 0.506. The quantitative estimate of drug-likeness (QED) is 0.226. The van der Waals surface area contributed by atoms with Gasteiger partial charge in [0.25, 0.3) is 0 Å². The maximum absolute atomic E-state index is 10.5. The molecule has 0 saturated heterocycles. The second-order valence-electron chi connectivity index (χ2n) is 1.49. The van der Waals surface area contributed by atoms with Crippen LogP contribution in [0.25, 0.3) is 0 Å². The number of hydrazine groups is 1. The monoisotopic (exact) mass is 129 g/mol. The zero-order chi connectivity index (χ0) is 6.69. The predicted molar refractivity (Wildman–Crippen MR) is 29.5 cm³/mol. The highest BCUT2D eigenvalue weighted by molar-refractivity contribution is 5.91. The van der Waals surface area contributed by atoms with Gasteiger partial charge in [-0.25, -0.2) is 5.84 Å². The van der Waals surface area contributed by atoms with Crippen LogP contribution < -0.4 is 16.7 Å². The van der Waals surface area contributed by atoms with Gasteiger partial charge in [-0.1, -0.05) is 0 Å². The van der Waals surface area contributed by atoms with Gasteiger partial charge in [-0.05, 0) is 6.08 Å². The van der Waals surface area contributed by atoms with Crippen molar-refractivity contribution in [2.24, 2.45) is 5.84 Å². The number of amides is 1. The molecule has 9 heavy (non-hydrogen) atoms. The van der Waals surface area contributed by atoms with Crippen LogP contribution in [-0.2, 0) is 9.63 Å². The van der Waals surface area contributed by atoms with E-state index in [9.17, 15) is 4.79 Å². The van der Waals surface area contributed by atoms with E-state index in [0.29, 0.717) is 6.54 Å². The minimum atomic E-state index is -0.417. The molecule has 0 spiro atoms. The lowest BCUT2D eigenvalue weighted by atomic mass is 10.4. The molecule has 0 fully saturated rings. The Labute approximate surface area is 51.8 Å². The lowest BCUT2D eigenvalue weighted by Crippen LogP contribution is -2.32. The van der Waals surface area contributed by atoms with Crippen LogP contribution in [0.15, 0.2) is 11.8 Å². The first-order valence-corrected chi connectivity index (χ1v) is 2.45. The summed E-state index contributed by atoms with van der Waals surface area (Å²) in [6.45, 7) is 0.544. The van der Waals surface area contributed by atoms with Gasteiger partial charge in [0.2, 0.25) is 5.76 Å². The summed E-state index contributed by atoms with van der Waals surface area (Å²) >= 11 is 0. The molecule has 0 unspecified atom stereocenters. The van der Waals surface area contributed by atoms with E-state index < -0.39 is 5.91 Å². The Hall–Kier alpha value is -1.07. The molecule has 0 bridgehead atoms. The SMILES string of the molecule is NNC(=O)C1=CCNO1. The summed E-state index contributed by atoms with van der Waals surface area (Å²) in [5, 5.41) is 0. The van der Waals surface area contributed by atoms with Crippen molar-refractivity contribution in [3.8, 4) is 0 Å². The molecule has 0 radical (unpaired) electrons. The van der Waals surface area contributed by atoms with Crippen LogP contribution in [0.4, 0.5) is 0 Å². The maximum atomic E-state index is 10.5. The minimum Gasteiger partial charge on any atom is -0.403 e. The summed E-state index contributed by atoms with van der Waals surface area (Å²) in [6.07, 6.45) is 1.60. The molecule has 1 rings (SSSR count). The van der Waals surface area contributed by atoms with E-state index in [0.717, 1.165) is 0 Å².